The van der Waals surface area contributed by atoms with E-state index in [0.717, 1.165) is 18.9 Å². The van der Waals surface area contributed by atoms with E-state index in [9.17, 15) is 0 Å². The standard InChI is InChI=1S/C7H12N4.2ClH.H2O/c1-3-8-4-2-6(1)7-9-5-10-11-7;;;/h5-6,8H,1-4H2,(H,9,10,11);2*1H;1H2. The van der Waals surface area contributed by atoms with Gasteiger partial charge in [0, 0.05) is 5.92 Å². The van der Waals surface area contributed by atoms with E-state index in [0.29, 0.717) is 5.92 Å². The predicted molar refractivity (Wildman–Crippen MR) is 59.3 cm³/mol. The van der Waals surface area contributed by atoms with Crippen LogP contribution in [-0.2, 0) is 0 Å². The van der Waals surface area contributed by atoms with Crippen LogP contribution in [-0.4, -0.2) is 33.7 Å². The molecular formula is C7H16Cl2N4O. The zero-order valence-electron chi connectivity index (χ0n) is 7.69. The van der Waals surface area contributed by atoms with Gasteiger partial charge in [-0.25, -0.2) is 4.98 Å². The number of H-pyrrole nitrogens is 1. The summed E-state index contributed by atoms with van der Waals surface area (Å²) in [5.41, 5.74) is 0. The maximum atomic E-state index is 4.15. The third-order valence-corrected chi connectivity index (χ3v) is 2.16. The van der Waals surface area contributed by atoms with E-state index in [2.05, 4.69) is 20.5 Å². The number of aromatic amines is 1. The van der Waals surface area contributed by atoms with Crippen LogP contribution in [0, 0.1) is 0 Å². The molecule has 14 heavy (non-hydrogen) atoms. The molecule has 1 saturated heterocycles. The van der Waals surface area contributed by atoms with E-state index >= 15 is 0 Å². The molecule has 0 atom stereocenters. The quantitative estimate of drug-likeness (QED) is 0.743. The molecule has 0 aromatic carbocycles. The molecular weight excluding hydrogens is 227 g/mol. The molecule has 0 saturated carbocycles. The molecule has 1 aliphatic rings. The summed E-state index contributed by atoms with van der Waals surface area (Å²) in [5, 5.41) is 10.1. The van der Waals surface area contributed by atoms with E-state index in [1.165, 1.54) is 12.8 Å². The molecule has 2 rings (SSSR count). The van der Waals surface area contributed by atoms with Gasteiger partial charge in [-0.3, -0.25) is 5.10 Å². The molecule has 1 aromatic rings. The van der Waals surface area contributed by atoms with Crippen molar-refractivity contribution < 1.29 is 5.48 Å². The van der Waals surface area contributed by atoms with Crippen molar-refractivity contribution in [3.63, 3.8) is 0 Å². The first-order valence-electron chi connectivity index (χ1n) is 4.03. The Kier molecular flexibility index (Phi) is 9.18. The summed E-state index contributed by atoms with van der Waals surface area (Å²) in [4.78, 5) is 4.15. The highest BCUT2D eigenvalue weighted by Gasteiger charge is 2.16. The van der Waals surface area contributed by atoms with Crippen molar-refractivity contribution in [3.8, 4) is 0 Å². The molecule has 0 spiro atoms. The Morgan fingerprint density at radius 3 is 2.36 bits per heavy atom. The zero-order valence-corrected chi connectivity index (χ0v) is 9.33. The van der Waals surface area contributed by atoms with Crippen LogP contribution in [0.4, 0.5) is 0 Å². The van der Waals surface area contributed by atoms with Crippen LogP contribution in [0.1, 0.15) is 24.6 Å². The molecule has 7 heteroatoms. The fraction of sp³-hybridized carbons (Fsp3) is 0.714. The number of hydrogen-bond acceptors (Lipinski definition) is 3. The van der Waals surface area contributed by atoms with Crippen molar-refractivity contribution >= 4 is 24.8 Å². The largest absolute Gasteiger partial charge is 0.412 e. The van der Waals surface area contributed by atoms with Crippen LogP contribution in [0.15, 0.2) is 6.33 Å². The molecule has 0 radical (unpaired) electrons. The Hall–Kier alpha value is -0.360. The summed E-state index contributed by atoms with van der Waals surface area (Å²) in [6, 6.07) is 0. The van der Waals surface area contributed by atoms with Crippen LogP contribution in [0.2, 0.25) is 0 Å². The Morgan fingerprint density at radius 2 is 1.86 bits per heavy atom. The second-order valence-corrected chi connectivity index (χ2v) is 2.89. The number of halogens is 2. The fourth-order valence-electron chi connectivity index (χ4n) is 1.51. The lowest BCUT2D eigenvalue weighted by Gasteiger charge is -2.19. The van der Waals surface area contributed by atoms with Gasteiger partial charge in [-0.15, -0.1) is 24.8 Å². The summed E-state index contributed by atoms with van der Waals surface area (Å²) in [6.07, 6.45) is 3.93. The van der Waals surface area contributed by atoms with Crippen molar-refractivity contribution in [2.75, 3.05) is 13.1 Å². The molecule has 0 amide bonds. The van der Waals surface area contributed by atoms with E-state index in [1.54, 1.807) is 6.33 Å². The average molecular weight is 243 g/mol. The van der Waals surface area contributed by atoms with Gasteiger partial charge in [0.15, 0.2) is 0 Å². The van der Waals surface area contributed by atoms with Crippen LogP contribution in [0.25, 0.3) is 0 Å². The van der Waals surface area contributed by atoms with Gasteiger partial charge in [0.1, 0.15) is 12.2 Å². The molecule has 4 N–H and O–H groups in total. The number of nitrogens with one attached hydrogen (secondary N) is 2. The molecule has 0 aliphatic carbocycles. The molecule has 5 nitrogen and oxygen atoms in total. The van der Waals surface area contributed by atoms with E-state index in [-0.39, 0.29) is 30.3 Å². The lowest BCUT2D eigenvalue weighted by molar-refractivity contribution is 0.446. The Balaban J connectivity index is 0. The van der Waals surface area contributed by atoms with Crippen LogP contribution in [0.3, 0.4) is 0 Å². The third-order valence-electron chi connectivity index (χ3n) is 2.16. The third kappa shape index (κ3) is 3.79. The molecule has 1 fully saturated rings. The van der Waals surface area contributed by atoms with Gasteiger partial charge in [-0.2, -0.15) is 5.10 Å². The Bertz CT molecular complexity index is 213. The summed E-state index contributed by atoms with van der Waals surface area (Å²) in [5.74, 6) is 1.64. The Morgan fingerprint density at radius 1 is 1.21 bits per heavy atom. The van der Waals surface area contributed by atoms with Crippen molar-refractivity contribution in [1.82, 2.24) is 20.5 Å². The monoisotopic (exact) mass is 242 g/mol. The highest BCUT2D eigenvalue weighted by Crippen LogP contribution is 2.20. The first-order chi connectivity index (χ1) is 5.47. The predicted octanol–water partition coefficient (Wildman–Crippen LogP) is 0.291. The van der Waals surface area contributed by atoms with Gasteiger partial charge in [0.25, 0.3) is 0 Å². The smallest absolute Gasteiger partial charge is 0.137 e. The average Bonchev–Trinajstić information content (AvgIpc) is 2.58. The topological polar surface area (TPSA) is 85.1 Å². The lowest BCUT2D eigenvalue weighted by atomic mass is 9.98. The second-order valence-electron chi connectivity index (χ2n) is 2.89. The normalized spacial score (nSPS) is 16.0. The fourth-order valence-corrected chi connectivity index (χ4v) is 1.51. The molecule has 1 aliphatic heterocycles. The summed E-state index contributed by atoms with van der Waals surface area (Å²) in [6.45, 7) is 2.21. The summed E-state index contributed by atoms with van der Waals surface area (Å²) < 4.78 is 0. The van der Waals surface area contributed by atoms with Crippen LogP contribution in [0.5, 0.6) is 0 Å². The Labute approximate surface area is 95.2 Å². The highest BCUT2D eigenvalue weighted by atomic mass is 35.5. The first kappa shape index (κ1) is 16.1. The number of nitrogens with zero attached hydrogens (tertiary/aromatic N) is 2. The van der Waals surface area contributed by atoms with Crippen molar-refractivity contribution in [1.29, 1.82) is 0 Å². The molecule has 0 bridgehead atoms. The van der Waals surface area contributed by atoms with E-state index in [1.807, 2.05) is 0 Å². The first-order valence-corrected chi connectivity index (χ1v) is 4.03. The number of hydrogen-bond donors (Lipinski definition) is 2. The molecule has 2 heterocycles. The van der Waals surface area contributed by atoms with E-state index < -0.39 is 0 Å². The van der Waals surface area contributed by atoms with Gasteiger partial charge in [-0.1, -0.05) is 0 Å². The van der Waals surface area contributed by atoms with Gasteiger partial charge >= 0.3 is 0 Å². The van der Waals surface area contributed by atoms with Crippen molar-refractivity contribution in [2.45, 2.75) is 18.8 Å². The SMILES string of the molecule is Cl.Cl.O.c1n[nH]c(C2CCNCC2)n1. The maximum absolute atomic E-state index is 4.15. The molecule has 0 unspecified atom stereocenters. The zero-order chi connectivity index (χ0) is 7.52. The number of aromatic nitrogens is 3. The summed E-state index contributed by atoms with van der Waals surface area (Å²) in [7, 11) is 0. The van der Waals surface area contributed by atoms with Crippen LogP contribution < -0.4 is 5.32 Å². The molecule has 84 valence electrons. The number of piperidine rings is 1. The minimum Gasteiger partial charge on any atom is -0.412 e. The lowest BCUT2D eigenvalue weighted by Crippen LogP contribution is -2.27. The van der Waals surface area contributed by atoms with Gasteiger partial charge in [0.05, 0.1) is 0 Å². The number of rotatable bonds is 1. The van der Waals surface area contributed by atoms with Crippen LogP contribution >= 0.6 is 24.8 Å². The summed E-state index contributed by atoms with van der Waals surface area (Å²) >= 11 is 0. The van der Waals surface area contributed by atoms with Crippen molar-refractivity contribution in [3.05, 3.63) is 12.2 Å². The minimum absolute atomic E-state index is 0. The van der Waals surface area contributed by atoms with E-state index in [4.69, 9.17) is 0 Å². The van der Waals surface area contributed by atoms with Gasteiger partial charge in [-0.05, 0) is 25.9 Å². The highest BCUT2D eigenvalue weighted by molar-refractivity contribution is 5.85. The van der Waals surface area contributed by atoms with Crippen molar-refractivity contribution in [2.24, 2.45) is 0 Å². The maximum Gasteiger partial charge on any atom is 0.137 e. The molecule has 1 aromatic heterocycles. The second kappa shape index (κ2) is 7.99. The minimum atomic E-state index is 0. The van der Waals surface area contributed by atoms with Gasteiger partial charge in [0.2, 0.25) is 0 Å². The van der Waals surface area contributed by atoms with Gasteiger partial charge < -0.3 is 10.8 Å².